The Kier molecular flexibility index (Phi) is 3.22. The molecule has 1 unspecified atom stereocenters. The highest BCUT2D eigenvalue weighted by Crippen LogP contribution is 2.09. The number of hydrogen-bond donors (Lipinski definition) is 0. The van der Waals surface area contributed by atoms with Crippen LogP contribution >= 0.6 is 0 Å². The van der Waals surface area contributed by atoms with Crippen molar-refractivity contribution in [3.8, 4) is 5.88 Å². The minimum absolute atomic E-state index is 0.576. The van der Waals surface area contributed by atoms with Crippen molar-refractivity contribution in [2.45, 2.75) is 11.8 Å². The van der Waals surface area contributed by atoms with E-state index < -0.39 is 10.8 Å². The maximum atomic E-state index is 10.9. The molecule has 0 radical (unpaired) electrons. The van der Waals surface area contributed by atoms with Gasteiger partial charge in [-0.25, -0.2) is 4.98 Å². The molecule has 0 bridgehead atoms. The predicted molar refractivity (Wildman–Crippen MR) is 47.7 cm³/mol. The molecule has 1 atom stereocenters. The van der Waals surface area contributed by atoms with Crippen LogP contribution in [-0.2, 0) is 10.8 Å². The van der Waals surface area contributed by atoms with Crippen molar-refractivity contribution in [1.82, 2.24) is 4.98 Å². The molecule has 0 spiro atoms. The first-order valence-electron chi connectivity index (χ1n) is 3.66. The van der Waals surface area contributed by atoms with Crippen molar-refractivity contribution >= 4 is 10.8 Å². The van der Waals surface area contributed by atoms with Gasteiger partial charge in [-0.05, 0) is 13.0 Å². The zero-order valence-electron chi connectivity index (χ0n) is 7.11. The van der Waals surface area contributed by atoms with Crippen LogP contribution in [0.25, 0.3) is 0 Å². The van der Waals surface area contributed by atoms with E-state index in [4.69, 9.17) is 4.74 Å². The highest BCUT2D eigenvalue weighted by Gasteiger charge is 1.98. The van der Waals surface area contributed by atoms with Crippen LogP contribution in [-0.4, -0.2) is 22.1 Å². The quantitative estimate of drug-likeness (QED) is 0.710. The Labute approximate surface area is 74.2 Å². The molecular weight excluding hydrogens is 174 g/mol. The lowest BCUT2D eigenvalue weighted by Crippen LogP contribution is -1.95. The molecule has 0 saturated heterocycles. The maximum absolute atomic E-state index is 10.9. The molecule has 12 heavy (non-hydrogen) atoms. The summed E-state index contributed by atoms with van der Waals surface area (Å²) in [4.78, 5) is 4.70. The van der Waals surface area contributed by atoms with Gasteiger partial charge in [-0.1, -0.05) is 0 Å². The summed E-state index contributed by atoms with van der Waals surface area (Å²) < 4.78 is 16.1. The van der Waals surface area contributed by atoms with E-state index in [1.54, 1.807) is 24.6 Å². The lowest BCUT2D eigenvalue weighted by Gasteiger charge is -2.01. The number of aromatic nitrogens is 1. The zero-order chi connectivity index (χ0) is 8.97. The molecule has 0 aromatic carbocycles. The SMILES string of the molecule is CCOc1ccc(S(C)=O)cn1. The van der Waals surface area contributed by atoms with E-state index in [9.17, 15) is 4.21 Å². The molecule has 0 aliphatic carbocycles. The fourth-order valence-electron chi connectivity index (χ4n) is 0.770. The van der Waals surface area contributed by atoms with Gasteiger partial charge in [-0.3, -0.25) is 4.21 Å². The highest BCUT2D eigenvalue weighted by molar-refractivity contribution is 7.84. The third kappa shape index (κ3) is 2.30. The first-order chi connectivity index (χ1) is 5.74. The van der Waals surface area contributed by atoms with Crippen LogP contribution in [0.1, 0.15) is 6.92 Å². The average molecular weight is 185 g/mol. The normalized spacial score (nSPS) is 12.5. The molecule has 0 amide bonds. The van der Waals surface area contributed by atoms with E-state index in [0.717, 1.165) is 4.90 Å². The van der Waals surface area contributed by atoms with Crippen LogP contribution in [0.5, 0.6) is 5.88 Å². The minimum Gasteiger partial charge on any atom is -0.478 e. The summed E-state index contributed by atoms with van der Waals surface area (Å²) in [5.41, 5.74) is 0. The van der Waals surface area contributed by atoms with Crippen LogP contribution in [0.3, 0.4) is 0 Å². The summed E-state index contributed by atoms with van der Waals surface area (Å²) in [5, 5.41) is 0. The van der Waals surface area contributed by atoms with Gasteiger partial charge >= 0.3 is 0 Å². The Balaban J connectivity index is 2.78. The number of hydrogen-bond acceptors (Lipinski definition) is 3. The monoisotopic (exact) mass is 185 g/mol. The molecular formula is C8H11NO2S. The Hall–Kier alpha value is -0.900. The predicted octanol–water partition coefficient (Wildman–Crippen LogP) is 1.22. The van der Waals surface area contributed by atoms with Crippen LogP contribution in [0.4, 0.5) is 0 Å². The van der Waals surface area contributed by atoms with E-state index >= 15 is 0 Å². The second-order valence-electron chi connectivity index (χ2n) is 2.22. The Morgan fingerprint density at radius 3 is 2.75 bits per heavy atom. The molecule has 0 N–H and O–H groups in total. The Morgan fingerprint density at radius 2 is 2.33 bits per heavy atom. The van der Waals surface area contributed by atoms with E-state index in [0.29, 0.717) is 12.5 Å². The summed E-state index contributed by atoms with van der Waals surface area (Å²) in [7, 11) is -0.959. The molecule has 0 fully saturated rings. The lowest BCUT2D eigenvalue weighted by molar-refractivity contribution is 0.326. The Morgan fingerprint density at radius 1 is 1.58 bits per heavy atom. The molecule has 1 rings (SSSR count). The smallest absolute Gasteiger partial charge is 0.213 e. The summed E-state index contributed by atoms with van der Waals surface area (Å²) in [5.74, 6) is 0.576. The van der Waals surface area contributed by atoms with Gasteiger partial charge in [0.05, 0.1) is 22.3 Å². The van der Waals surface area contributed by atoms with Gasteiger partial charge in [0.25, 0.3) is 0 Å². The molecule has 1 aromatic rings. The van der Waals surface area contributed by atoms with Crippen molar-refractivity contribution < 1.29 is 8.95 Å². The van der Waals surface area contributed by atoms with Gasteiger partial charge in [0.15, 0.2) is 0 Å². The standard InChI is InChI=1S/C8H11NO2S/c1-3-11-8-5-4-7(6-9-8)12(2)10/h4-6H,3H2,1-2H3. The molecule has 0 saturated carbocycles. The first kappa shape index (κ1) is 9.19. The van der Waals surface area contributed by atoms with Crippen LogP contribution in [0.2, 0.25) is 0 Å². The van der Waals surface area contributed by atoms with Crippen LogP contribution in [0.15, 0.2) is 23.2 Å². The van der Waals surface area contributed by atoms with Crippen molar-refractivity contribution in [2.75, 3.05) is 12.9 Å². The molecule has 1 aromatic heterocycles. The molecule has 1 heterocycles. The van der Waals surface area contributed by atoms with E-state index in [2.05, 4.69) is 4.98 Å². The largest absolute Gasteiger partial charge is 0.478 e. The summed E-state index contributed by atoms with van der Waals surface area (Å²) in [6.07, 6.45) is 3.19. The van der Waals surface area contributed by atoms with Gasteiger partial charge in [0.2, 0.25) is 5.88 Å². The zero-order valence-corrected chi connectivity index (χ0v) is 7.93. The van der Waals surface area contributed by atoms with Gasteiger partial charge in [0, 0.05) is 18.5 Å². The summed E-state index contributed by atoms with van der Waals surface area (Å²) in [6, 6.07) is 3.48. The number of rotatable bonds is 3. The third-order valence-corrected chi connectivity index (χ3v) is 2.24. The topological polar surface area (TPSA) is 39.2 Å². The number of nitrogens with zero attached hydrogens (tertiary/aromatic N) is 1. The van der Waals surface area contributed by atoms with Crippen LogP contribution in [0, 0.1) is 0 Å². The van der Waals surface area contributed by atoms with E-state index in [1.807, 2.05) is 6.92 Å². The fraction of sp³-hybridized carbons (Fsp3) is 0.375. The van der Waals surface area contributed by atoms with Crippen molar-refractivity contribution in [2.24, 2.45) is 0 Å². The second-order valence-corrected chi connectivity index (χ2v) is 3.60. The molecule has 66 valence electrons. The van der Waals surface area contributed by atoms with E-state index in [1.165, 1.54) is 0 Å². The third-order valence-electron chi connectivity index (χ3n) is 1.33. The number of pyridine rings is 1. The van der Waals surface area contributed by atoms with Gasteiger partial charge in [0.1, 0.15) is 0 Å². The van der Waals surface area contributed by atoms with Crippen LogP contribution < -0.4 is 4.74 Å². The van der Waals surface area contributed by atoms with Crippen molar-refractivity contribution in [3.63, 3.8) is 0 Å². The van der Waals surface area contributed by atoms with Gasteiger partial charge in [-0.2, -0.15) is 0 Å². The molecule has 0 aliphatic rings. The molecule has 0 aliphatic heterocycles. The summed E-state index contributed by atoms with van der Waals surface area (Å²) in [6.45, 7) is 2.50. The molecule has 3 nitrogen and oxygen atoms in total. The fourth-order valence-corrected chi connectivity index (χ4v) is 1.23. The average Bonchev–Trinajstić information content (AvgIpc) is 2.06. The van der Waals surface area contributed by atoms with Gasteiger partial charge in [-0.15, -0.1) is 0 Å². The van der Waals surface area contributed by atoms with Crippen molar-refractivity contribution in [3.05, 3.63) is 18.3 Å². The van der Waals surface area contributed by atoms with Crippen molar-refractivity contribution in [1.29, 1.82) is 0 Å². The van der Waals surface area contributed by atoms with Gasteiger partial charge < -0.3 is 4.74 Å². The second kappa shape index (κ2) is 4.21. The Bertz CT molecular complexity index is 271. The summed E-state index contributed by atoms with van der Waals surface area (Å²) >= 11 is 0. The van der Waals surface area contributed by atoms with E-state index in [-0.39, 0.29) is 0 Å². The maximum Gasteiger partial charge on any atom is 0.213 e. The number of ether oxygens (including phenoxy) is 1. The molecule has 4 heteroatoms. The first-order valence-corrected chi connectivity index (χ1v) is 5.22. The lowest BCUT2D eigenvalue weighted by atomic mass is 10.5. The highest BCUT2D eigenvalue weighted by atomic mass is 32.2. The minimum atomic E-state index is -0.959.